The molecule has 0 amide bonds. The molecule has 2 aromatic carbocycles. The van der Waals surface area contributed by atoms with Gasteiger partial charge in [-0.15, -0.1) is 0 Å². The number of aryl methyl sites for hydroxylation is 1. The average Bonchev–Trinajstić information content (AvgIpc) is 3.01. The van der Waals surface area contributed by atoms with Crippen molar-refractivity contribution in [3.63, 3.8) is 0 Å². The Labute approximate surface area is 151 Å². The van der Waals surface area contributed by atoms with Gasteiger partial charge in [0.25, 0.3) is 0 Å². The van der Waals surface area contributed by atoms with E-state index >= 15 is 0 Å². The van der Waals surface area contributed by atoms with E-state index in [-0.39, 0.29) is 0 Å². The molecular weight excluding hydrogens is 326 g/mol. The second-order valence-corrected chi connectivity index (χ2v) is 6.44. The van der Waals surface area contributed by atoms with E-state index < -0.39 is 0 Å². The minimum Gasteiger partial charge on any atom is -0.497 e. The molecule has 0 aliphatic carbocycles. The van der Waals surface area contributed by atoms with E-state index in [0.29, 0.717) is 0 Å². The normalized spacial score (nSPS) is 11.3. The maximum Gasteiger partial charge on any atom is 0.152 e. The Bertz CT molecular complexity index is 1140. The van der Waals surface area contributed by atoms with Crippen molar-refractivity contribution < 1.29 is 14.3 Å². The van der Waals surface area contributed by atoms with E-state index in [1.165, 1.54) is 5.69 Å². The van der Waals surface area contributed by atoms with Crippen LogP contribution in [0.25, 0.3) is 27.2 Å². The fourth-order valence-electron chi connectivity index (χ4n) is 3.79. The van der Waals surface area contributed by atoms with Crippen LogP contribution in [0, 0.1) is 0 Å². The van der Waals surface area contributed by atoms with Gasteiger partial charge in [0.15, 0.2) is 6.29 Å². The standard InChI is InChI=1S/C22H21NO3/c1-4-5-15-10-14-11-16(25-2)6-8-18(14)22-20(13-24)19-9-7-17(26-3)12-21(19)23(15)22/h6-13H,4-5H2,1-3H3. The van der Waals surface area contributed by atoms with Gasteiger partial charge < -0.3 is 13.9 Å². The van der Waals surface area contributed by atoms with Crippen molar-refractivity contribution in [2.45, 2.75) is 19.8 Å². The molecule has 2 heterocycles. The third kappa shape index (κ3) is 2.33. The molecular formula is C22H21NO3. The second kappa shape index (κ2) is 6.37. The summed E-state index contributed by atoms with van der Waals surface area (Å²) in [5.74, 6) is 1.60. The van der Waals surface area contributed by atoms with Crippen LogP contribution < -0.4 is 9.47 Å². The number of carbonyl (C=O) groups is 1. The van der Waals surface area contributed by atoms with Crippen LogP contribution in [-0.2, 0) is 6.42 Å². The smallest absolute Gasteiger partial charge is 0.152 e. The highest BCUT2D eigenvalue weighted by Crippen LogP contribution is 2.36. The van der Waals surface area contributed by atoms with Gasteiger partial charge >= 0.3 is 0 Å². The molecule has 0 saturated carbocycles. The van der Waals surface area contributed by atoms with Crippen LogP contribution in [0.3, 0.4) is 0 Å². The van der Waals surface area contributed by atoms with Gasteiger partial charge in [-0.25, -0.2) is 0 Å². The summed E-state index contributed by atoms with van der Waals surface area (Å²) in [5.41, 5.74) is 3.85. The summed E-state index contributed by atoms with van der Waals surface area (Å²) in [4.78, 5) is 12.0. The number of methoxy groups -OCH3 is 2. The van der Waals surface area contributed by atoms with Gasteiger partial charge in [-0.2, -0.15) is 0 Å². The summed E-state index contributed by atoms with van der Waals surface area (Å²) in [6.07, 6.45) is 2.90. The fraction of sp³-hybridized carbons (Fsp3) is 0.227. The molecule has 0 unspecified atom stereocenters. The van der Waals surface area contributed by atoms with Gasteiger partial charge in [0.05, 0.1) is 25.3 Å². The first-order valence-electron chi connectivity index (χ1n) is 8.78. The van der Waals surface area contributed by atoms with Crippen molar-refractivity contribution in [2.75, 3.05) is 14.2 Å². The topological polar surface area (TPSA) is 39.9 Å². The Balaban J connectivity index is 2.25. The molecule has 0 radical (unpaired) electrons. The van der Waals surface area contributed by atoms with Crippen LogP contribution in [0.2, 0.25) is 0 Å². The lowest BCUT2D eigenvalue weighted by atomic mass is 10.1. The number of ether oxygens (including phenoxy) is 2. The van der Waals surface area contributed by atoms with Gasteiger partial charge in [-0.05, 0) is 48.2 Å². The Hall–Kier alpha value is -3.01. The number of hydrogen-bond donors (Lipinski definition) is 0. The van der Waals surface area contributed by atoms with Gasteiger partial charge in [0, 0.05) is 28.1 Å². The molecule has 0 aliphatic heterocycles. The molecule has 4 rings (SSSR count). The van der Waals surface area contributed by atoms with E-state index in [2.05, 4.69) is 17.4 Å². The number of fused-ring (bicyclic) bond motifs is 5. The lowest BCUT2D eigenvalue weighted by Gasteiger charge is -2.12. The molecule has 132 valence electrons. The zero-order valence-corrected chi connectivity index (χ0v) is 15.2. The van der Waals surface area contributed by atoms with Crippen molar-refractivity contribution in [2.24, 2.45) is 0 Å². The Kier molecular flexibility index (Phi) is 4.03. The summed E-state index contributed by atoms with van der Waals surface area (Å²) >= 11 is 0. The van der Waals surface area contributed by atoms with Crippen LogP contribution in [-0.4, -0.2) is 24.9 Å². The van der Waals surface area contributed by atoms with E-state index in [9.17, 15) is 4.79 Å². The van der Waals surface area contributed by atoms with Crippen molar-refractivity contribution in [1.29, 1.82) is 0 Å². The maximum absolute atomic E-state index is 12.0. The first-order chi connectivity index (χ1) is 12.7. The maximum atomic E-state index is 12.0. The summed E-state index contributed by atoms with van der Waals surface area (Å²) in [6.45, 7) is 2.16. The molecule has 0 N–H and O–H groups in total. The van der Waals surface area contributed by atoms with Crippen LogP contribution in [0.4, 0.5) is 0 Å². The highest BCUT2D eigenvalue weighted by atomic mass is 16.5. The van der Waals surface area contributed by atoms with Crippen molar-refractivity contribution >= 4 is 33.5 Å². The van der Waals surface area contributed by atoms with E-state index in [1.54, 1.807) is 14.2 Å². The molecule has 0 fully saturated rings. The lowest BCUT2D eigenvalue weighted by molar-refractivity contribution is 0.112. The number of rotatable bonds is 5. The Morgan fingerprint density at radius 1 is 0.962 bits per heavy atom. The molecule has 0 bridgehead atoms. The van der Waals surface area contributed by atoms with Gasteiger partial charge in [0.2, 0.25) is 0 Å². The number of pyridine rings is 1. The average molecular weight is 347 g/mol. The summed E-state index contributed by atoms with van der Waals surface area (Å²) in [6, 6.07) is 14.1. The number of benzene rings is 2. The number of aromatic nitrogens is 1. The molecule has 4 heteroatoms. The Morgan fingerprint density at radius 2 is 1.65 bits per heavy atom. The van der Waals surface area contributed by atoms with Gasteiger partial charge in [-0.3, -0.25) is 4.79 Å². The monoisotopic (exact) mass is 347 g/mol. The first kappa shape index (κ1) is 16.5. The van der Waals surface area contributed by atoms with Crippen LogP contribution >= 0.6 is 0 Å². The first-order valence-corrected chi connectivity index (χ1v) is 8.78. The molecule has 0 atom stereocenters. The SMILES string of the molecule is CCCc1cc2cc(OC)ccc2c2c(C=O)c3ccc(OC)cc3n12. The quantitative estimate of drug-likeness (QED) is 0.476. The predicted octanol–water partition coefficient (Wildman–Crippen LogP) is 5.03. The Morgan fingerprint density at radius 3 is 2.31 bits per heavy atom. The fourth-order valence-corrected chi connectivity index (χ4v) is 3.79. The number of aldehydes is 1. The second-order valence-electron chi connectivity index (χ2n) is 6.44. The van der Waals surface area contributed by atoms with Crippen molar-refractivity contribution in [1.82, 2.24) is 4.40 Å². The van der Waals surface area contributed by atoms with Crippen LogP contribution in [0.5, 0.6) is 11.5 Å². The van der Waals surface area contributed by atoms with E-state index in [0.717, 1.165) is 63.4 Å². The highest BCUT2D eigenvalue weighted by molar-refractivity contribution is 6.14. The molecule has 2 aromatic heterocycles. The predicted molar refractivity (Wildman–Crippen MR) is 105 cm³/mol. The summed E-state index contributed by atoms with van der Waals surface area (Å²) < 4.78 is 13.0. The zero-order chi connectivity index (χ0) is 18.3. The zero-order valence-electron chi connectivity index (χ0n) is 15.2. The largest absolute Gasteiger partial charge is 0.497 e. The molecule has 0 spiro atoms. The van der Waals surface area contributed by atoms with Crippen LogP contribution in [0.1, 0.15) is 29.4 Å². The molecule has 4 aromatic rings. The van der Waals surface area contributed by atoms with Crippen LogP contribution in [0.15, 0.2) is 42.5 Å². The summed E-state index contributed by atoms with van der Waals surface area (Å²) in [5, 5.41) is 3.07. The molecule has 26 heavy (non-hydrogen) atoms. The third-order valence-corrected chi connectivity index (χ3v) is 4.96. The highest BCUT2D eigenvalue weighted by Gasteiger charge is 2.18. The van der Waals surface area contributed by atoms with E-state index in [4.69, 9.17) is 9.47 Å². The van der Waals surface area contributed by atoms with Crippen molar-refractivity contribution in [3.8, 4) is 11.5 Å². The molecule has 4 nitrogen and oxygen atoms in total. The number of hydrogen-bond acceptors (Lipinski definition) is 3. The number of carbonyl (C=O) groups excluding carboxylic acids is 1. The van der Waals surface area contributed by atoms with Gasteiger partial charge in [-0.1, -0.05) is 13.3 Å². The van der Waals surface area contributed by atoms with Crippen molar-refractivity contribution in [3.05, 3.63) is 53.7 Å². The molecule has 0 aliphatic rings. The molecule has 0 saturated heterocycles. The lowest BCUT2D eigenvalue weighted by Crippen LogP contribution is -1.98. The summed E-state index contributed by atoms with van der Waals surface area (Å²) in [7, 11) is 3.33. The minimum atomic E-state index is 0.718. The third-order valence-electron chi connectivity index (χ3n) is 4.96. The minimum absolute atomic E-state index is 0.718. The van der Waals surface area contributed by atoms with E-state index in [1.807, 2.05) is 36.4 Å². The van der Waals surface area contributed by atoms with Gasteiger partial charge in [0.1, 0.15) is 11.5 Å². The number of nitrogens with zero attached hydrogens (tertiary/aromatic N) is 1.